The van der Waals surface area contributed by atoms with Gasteiger partial charge in [-0.15, -0.1) is 0 Å². The third kappa shape index (κ3) is 2.12. The number of benzene rings is 1. The molecule has 4 heteroatoms. The Morgan fingerprint density at radius 2 is 2.05 bits per heavy atom. The zero-order valence-electron chi connectivity index (χ0n) is 13.3. The molecule has 2 bridgehead atoms. The van der Waals surface area contributed by atoms with Gasteiger partial charge in [-0.2, -0.15) is 0 Å². The Kier molecular flexibility index (Phi) is 3.05. The molecule has 3 unspecified atom stereocenters. The number of hydrogen-bond acceptors (Lipinski definition) is 3. The third-order valence-electron chi connectivity index (χ3n) is 5.92. The molecule has 1 N–H and O–H groups in total. The van der Waals surface area contributed by atoms with Crippen LogP contribution in [0.3, 0.4) is 0 Å². The van der Waals surface area contributed by atoms with Crippen LogP contribution in [-0.2, 0) is 0 Å². The highest BCUT2D eigenvalue weighted by Gasteiger charge is 2.59. The van der Waals surface area contributed by atoms with Gasteiger partial charge in [0, 0.05) is 12.1 Å². The number of hydrogen-bond donors (Lipinski definition) is 1. The molecule has 4 nitrogen and oxygen atoms in total. The van der Waals surface area contributed by atoms with Crippen molar-refractivity contribution in [2.45, 2.75) is 53.0 Å². The van der Waals surface area contributed by atoms with Crippen LogP contribution in [-0.4, -0.2) is 11.0 Å². The van der Waals surface area contributed by atoms with Gasteiger partial charge in [0.05, 0.1) is 4.92 Å². The van der Waals surface area contributed by atoms with Crippen molar-refractivity contribution in [1.82, 2.24) is 0 Å². The minimum atomic E-state index is -0.280. The fourth-order valence-electron chi connectivity index (χ4n) is 4.73. The summed E-state index contributed by atoms with van der Waals surface area (Å²) in [5.41, 5.74) is 2.22. The summed E-state index contributed by atoms with van der Waals surface area (Å²) in [6, 6.07) is 5.76. The van der Waals surface area contributed by atoms with Crippen LogP contribution in [0.1, 0.15) is 45.6 Å². The number of nitrogens with one attached hydrogen (secondary N) is 1. The van der Waals surface area contributed by atoms with Crippen LogP contribution in [0.25, 0.3) is 0 Å². The summed E-state index contributed by atoms with van der Waals surface area (Å²) in [5.74, 6) is 0.726. The largest absolute Gasteiger partial charge is 0.376 e. The van der Waals surface area contributed by atoms with Gasteiger partial charge in [-0.05, 0) is 54.6 Å². The number of fused-ring (bicyclic) bond motifs is 2. The second-order valence-electron chi connectivity index (χ2n) is 7.77. The average Bonchev–Trinajstić information content (AvgIpc) is 2.87. The Balaban J connectivity index is 1.96. The van der Waals surface area contributed by atoms with Crippen molar-refractivity contribution in [1.29, 1.82) is 0 Å². The van der Waals surface area contributed by atoms with Crippen molar-refractivity contribution in [3.8, 4) is 0 Å². The van der Waals surface area contributed by atoms with Gasteiger partial charge >= 0.3 is 0 Å². The first-order valence-electron chi connectivity index (χ1n) is 7.76. The van der Waals surface area contributed by atoms with Crippen molar-refractivity contribution >= 4 is 11.4 Å². The van der Waals surface area contributed by atoms with Crippen LogP contribution in [0.2, 0.25) is 0 Å². The summed E-state index contributed by atoms with van der Waals surface area (Å²) < 4.78 is 0. The highest BCUT2D eigenvalue weighted by atomic mass is 16.6. The zero-order valence-corrected chi connectivity index (χ0v) is 13.3. The van der Waals surface area contributed by atoms with E-state index in [9.17, 15) is 10.1 Å². The number of rotatable bonds is 3. The second-order valence-corrected chi connectivity index (χ2v) is 7.77. The molecule has 21 heavy (non-hydrogen) atoms. The number of nitro benzene ring substituents is 1. The molecule has 2 fully saturated rings. The Morgan fingerprint density at radius 3 is 2.62 bits per heavy atom. The van der Waals surface area contributed by atoms with Crippen molar-refractivity contribution in [2.24, 2.45) is 16.7 Å². The normalized spacial score (nSPS) is 33.1. The monoisotopic (exact) mass is 288 g/mol. The van der Waals surface area contributed by atoms with Crippen LogP contribution in [0.4, 0.5) is 11.4 Å². The number of nitrogens with zero attached hydrogens (tertiary/aromatic N) is 1. The minimum Gasteiger partial charge on any atom is -0.376 e. The lowest BCUT2D eigenvalue weighted by Gasteiger charge is -2.43. The maximum absolute atomic E-state index is 11.3. The smallest absolute Gasteiger partial charge is 0.292 e. The maximum atomic E-state index is 11.3. The van der Waals surface area contributed by atoms with Crippen molar-refractivity contribution in [3.05, 3.63) is 33.9 Å². The third-order valence-corrected chi connectivity index (χ3v) is 5.92. The molecule has 3 atom stereocenters. The van der Waals surface area contributed by atoms with Crippen molar-refractivity contribution in [2.75, 3.05) is 5.32 Å². The van der Waals surface area contributed by atoms with Crippen LogP contribution < -0.4 is 5.32 Å². The molecule has 2 aliphatic rings. The van der Waals surface area contributed by atoms with E-state index < -0.39 is 0 Å². The molecular formula is C17H24N2O2. The Morgan fingerprint density at radius 1 is 1.33 bits per heavy atom. The van der Waals surface area contributed by atoms with Gasteiger partial charge in [-0.25, -0.2) is 0 Å². The fourth-order valence-corrected chi connectivity index (χ4v) is 4.73. The standard InChI is InChI=1S/C17H24N2O2/c1-11-5-6-13(14(9-11)19(20)21)18-15-16(2,3)12-7-8-17(15,4)10-12/h5-6,9,12,15,18H,7-8,10H2,1-4H3. The minimum absolute atomic E-state index is 0.186. The summed E-state index contributed by atoms with van der Waals surface area (Å²) in [6.45, 7) is 8.83. The summed E-state index contributed by atoms with van der Waals surface area (Å²) in [7, 11) is 0. The van der Waals surface area contributed by atoms with Crippen LogP contribution in [0, 0.1) is 33.8 Å². The zero-order chi connectivity index (χ0) is 15.4. The van der Waals surface area contributed by atoms with Gasteiger partial charge < -0.3 is 5.32 Å². The van der Waals surface area contributed by atoms with E-state index in [1.807, 2.05) is 19.1 Å². The van der Waals surface area contributed by atoms with E-state index in [-0.39, 0.29) is 21.4 Å². The molecule has 1 aromatic carbocycles. The molecule has 2 aliphatic carbocycles. The van der Waals surface area contributed by atoms with Gasteiger partial charge in [-0.1, -0.05) is 26.8 Å². The quantitative estimate of drug-likeness (QED) is 0.656. The topological polar surface area (TPSA) is 55.2 Å². The molecule has 0 heterocycles. The molecule has 0 aliphatic heterocycles. The number of nitro groups is 1. The summed E-state index contributed by atoms with van der Waals surface area (Å²) in [5, 5.41) is 14.9. The average molecular weight is 288 g/mol. The number of anilines is 1. The summed E-state index contributed by atoms with van der Waals surface area (Å²) in [4.78, 5) is 11.0. The first-order valence-corrected chi connectivity index (χ1v) is 7.76. The molecule has 0 radical (unpaired) electrons. The predicted molar refractivity (Wildman–Crippen MR) is 84.5 cm³/mol. The van der Waals surface area contributed by atoms with Crippen LogP contribution >= 0.6 is 0 Å². The van der Waals surface area contributed by atoms with Gasteiger partial charge in [0.1, 0.15) is 5.69 Å². The second kappa shape index (κ2) is 4.46. The van der Waals surface area contributed by atoms with E-state index in [0.717, 1.165) is 11.5 Å². The van der Waals surface area contributed by atoms with Gasteiger partial charge in [-0.3, -0.25) is 10.1 Å². The molecule has 1 aromatic rings. The van der Waals surface area contributed by atoms with E-state index in [0.29, 0.717) is 11.7 Å². The van der Waals surface area contributed by atoms with E-state index in [2.05, 4.69) is 26.1 Å². The van der Waals surface area contributed by atoms with Crippen molar-refractivity contribution < 1.29 is 4.92 Å². The van der Waals surface area contributed by atoms with E-state index in [1.165, 1.54) is 19.3 Å². The molecule has 3 rings (SSSR count). The molecule has 0 aromatic heterocycles. The van der Waals surface area contributed by atoms with Gasteiger partial charge in [0.15, 0.2) is 0 Å². The van der Waals surface area contributed by atoms with Crippen molar-refractivity contribution in [3.63, 3.8) is 0 Å². The molecule has 0 amide bonds. The fraction of sp³-hybridized carbons (Fsp3) is 0.647. The Labute approximate surface area is 126 Å². The maximum Gasteiger partial charge on any atom is 0.292 e. The SMILES string of the molecule is Cc1ccc(NC2C3(C)CCC(C3)C2(C)C)c([N+](=O)[O-])c1. The lowest BCUT2D eigenvalue weighted by molar-refractivity contribution is -0.384. The Hall–Kier alpha value is -1.58. The highest BCUT2D eigenvalue weighted by molar-refractivity contribution is 5.63. The Bertz CT molecular complexity index is 592. The summed E-state index contributed by atoms with van der Waals surface area (Å²) in [6.07, 6.45) is 3.74. The van der Waals surface area contributed by atoms with E-state index in [4.69, 9.17) is 0 Å². The molecule has 0 spiro atoms. The van der Waals surface area contributed by atoms with E-state index in [1.54, 1.807) is 6.07 Å². The lowest BCUT2D eigenvalue weighted by Crippen LogP contribution is -2.45. The lowest BCUT2D eigenvalue weighted by atomic mass is 9.68. The molecular weight excluding hydrogens is 264 g/mol. The first-order chi connectivity index (χ1) is 9.74. The van der Waals surface area contributed by atoms with Gasteiger partial charge in [0.2, 0.25) is 0 Å². The predicted octanol–water partition coefficient (Wildman–Crippen LogP) is 4.53. The van der Waals surface area contributed by atoms with Crippen LogP contribution in [0.15, 0.2) is 18.2 Å². The molecule has 0 saturated heterocycles. The van der Waals surface area contributed by atoms with Crippen LogP contribution in [0.5, 0.6) is 0 Å². The molecule has 2 saturated carbocycles. The highest BCUT2D eigenvalue weighted by Crippen LogP contribution is 2.63. The summed E-state index contributed by atoms with van der Waals surface area (Å²) >= 11 is 0. The first kappa shape index (κ1) is 14.4. The number of aryl methyl sites for hydroxylation is 1. The molecule has 114 valence electrons. The van der Waals surface area contributed by atoms with E-state index >= 15 is 0 Å². The van der Waals surface area contributed by atoms with Gasteiger partial charge in [0.25, 0.3) is 5.69 Å².